The molecule has 21 heavy (non-hydrogen) atoms. The van der Waals surface area contributed by atoms with Crippen molar-refractivity contribution in [3.63, 3.8) is 0 Å². The Hall–Kier alpha value is -1.95. The number of hydrogen-bond donors (Lipinski definition) is 3. The lowest BCUT2D eigenvalue weighted by Gasteiger charge is -2.28. The quantitative estimate of drug-likeness (QED) is 0.780. The van der Waals surface area contributed by atoms with Crippen molar-refractivity contribution < 1.29 is 15.0 Å². The van der Waals surface area contributed by atoms with Gasteiger partial charge < -0.3 is 15.5 Å². The van der Waals surface area contributed by atoms with Crippen LogP contribution in [0.5, 0.6) is 0 Å². The number of hydrogen-bond acceptors (Lipinski definition) is 5. The Morgan fingerprint density at radius 2 is 2.19 bits per heavy atom. The maximum absolute atomic E-state index is 11.4. The number of amidine groups is 1. The average molecular weight is 291 g/mol. The third kappa shape index (κ3) is 2.63. The van der Waals surface area contributed by atoms with Crippen molar-refractivity contribution in [1.82, 2.24) is 10.3 Å². The molecule has 6 nitrogen and oxygen atoms in total. The van der Waals surface area contributed by atoms with E-state index in [0.29, 0.717) is 12.3 Å². The summed E-state index contributed by atoms with van der Waals surface area (Å²) in [5, 5.41) is 22.4. The summed E-state index contributed by atoms with van der Waals surface area (Å²) in [6, 6.07) is 1.60. The second-order valence-corrected chi connectivity index (χ2v) is 5.79. The molecule has 0 saturated heterocycles. The maximum atomic E-state index is 11.4. The van der Waals surface area contributed by atoms with Crippen molar-refractivity contribution in [2.24, 2.45) is 10.9 Å². The van der Waals surface area contributed by atoms with Gasteiger partial charge in [0.1, 0.15) is 11.2 Å². The van der Waals surface area contributed by atoms with Crippen LogP contribution in [-0.4, -0.2) is 38.8 Å². The molecule has 0 aliphatic carbocycles. The van der Waals surface area contributed by atoms with Crippen LogP contribution in [0.1, 0.15) is 49.3 Å². The average Bonchev–Trinajstić information content (AvgIpc) is 2.75. The van der Waals surface area contributed by atoms with Crippen molar-refractivity contribution in [3.05, 3.63) is 29.1 Å². The molecular weight excluding hydrogens is 270 g/mol. The number of carboxylic acids is 1. The van der Waals surface area contributed by atoms with Gasteiger partial charge in [-0.25, -0.2) is 4.79 Å². The number of carbonyl (C=O) groups is 1. The van der Waals surface area contributed by atoms with Crippen molar-refractivity contribution in [3.8, 4) is 0 Å². The molecule has 2 heterocycles. The number of nitrogens with zero attached hydrogens (tertiary/aromatic N) is 2. The number of aromatic nitrogens is 1. The van der Waals surface area contributed by atoms with Crippen LogP contribution < -0.4 is 5.32 Å². The van der Waals surface area contributed by atoms with Crippen LogP contribution in [0.2, 0.25) is 0 Å². The van der Waals surface area contributed by atoms with E-state index in [1.165, 1.54) is 0 Å². The molecule has 1 aromatic heterocycles. The molecule has 1 aromatic rings. The number of aliphatic imine (C=N–C) groups is 1. The first-order valence-electron chi connectivity index (χ1n) is 7.06. The topological polar surface area (TPSA) is 94.8 Å². The van der Waals surface area contributed by atoms with Crippen molar-refractivity contribution in [1.29, 1.82) is 0 Å². The predicted molar refractivity (Wildman–Crippen MR) is 79.5 cm³/mol. The van der Waals surface area contributed by atoms with Crippen LogP contribution in [0.3, 0.4) is 0 Å². The van der Waals surface area contributed by atoms with Gasteiger partial charge in [0, 0.05) is 6.20 Å². The van der Waals surface area contributed by atoms with Crippen LogP contribution in [0.4, 0.5) is 0 Å². The molecule has 6 heteroatoms. The fourth-order valence-electron chi connectivity index (χ4n) is 2.23. The standard InChI is InChI=1S/C15H21N3O3/c1-5-9-6-10(13(19)20)11(16-7-9)12-17-14(21)15(4,18-12)8(2)3/h6-8,14,21H,5H2,1-4H3,(H,17,18)(H,19,20). The molecule has 2 rings (SSSR count). The molecule has 2 unspecified atom stereocenters. The highest BCUT2D eigenvalue weighted by Gasteiger charge is 2.42. The van der Waals surface area contributed by atoms with Gasteiger partial charge in [0.05, 0.1) is 5.56 Å². The summed E-state index contributed by atoms with van der Waals surface area (Å²) < 4.78 is 0. The summed E-state index contributed by atoms with van der Waals surface area (Å²) in [7, 11) is 0. The summed E-state index contributed by atoms with van der Waals surface area (Å²) >= 11 is 0. The first-order valence-corrected chi connectivity index (χ1v) is 7.06. The highest BCUT2D eigenvalue weighted by molar-refractivity contribution is 6.07. The molecule has 0 saturated carbocycles. The van der Waals surface area contributed by atoms with Crippen LogP contribution in [0.25, 0.3) is 0 Å². The zero-order valence-electron chi connectivity index (χ0n) is 12.7. The molecule has 1 aliphatic rings. The molecule has 0 aromatic carbocycles. The minimum Gasteiger partial charge on any atom is -0.478 e. The first kappa shape index (κ1) is 15.4. The minimum absolute atomic E-state index is 0.0979. The second-order valence-electron chi connectivity index (χ2n) is 5.79. The number of pyridine rings is 1. The van der Waals surface area contributed by atoms with Gasteiger partial charge in [-0.2, -0.15) is 0 Å². The monoisotopic (exact) mass is 291 g/mol. The van der Waals surface area contributed by atoms with Crippen LogP contribution in [-0.2, 0) is 6.42 Å². The fourth-order valence-corrected chi connectivity index (χ4v) is 2.23. The van der Waals surface area contributed by atoms with Gasteiger partial charge in [-0.3, -0.25) is 9.98 Å². The SMILES string of the molecule is CCc1cnc(C2=NC(C)(C(C)C)C(O)N2)c(C(=O)O)c1. The van der Waals surface area contributed by atoms with Crippen LogP contribution in [0, 0.1) is 5.92 Å². The van der Waals surface area contributed by atoms with Gasteiger partial charge in [0.2, 0.25) is 0 Å². The van der Waals surface area contributed by atoms with E-state index in [0.717, 1.165) is 5.56 Å². The Bertz CT molecular complexity index is 598. The van der Waals surface area contributed by atoms with Gasteiger partial charge in [-0.05, 0) is 30.9 Å². The fraction of sp³-hybridized carbons (Fsp3) is 0.533. The van der Waals surface area contributed by atoms with E-state index in [4.69, 9.17) is 0 Å². The molecule has 1 aliphatic heterocycles. The minimum atomic E-state index is -1.05. The van der Waals surface area contributed by atoms with Gasteiger partial charge >= 0.3 is 5.97 Å². The van der Waals surface area contributed by atoms with E-state index in [9.17, 15) is 15.0 Å². The van der Waals surface area contributed by atoms with E-state index in [-0.39, 0.29) is 17.2 Å². The lowest BCUT2D eigenvalue weighted by atomic mass is 9.88. The number of aliphatic hydroxyl groups is 1. The van der Waals surface area contributed by atoms with Gasteiger partial charge in [0.15, 0.2) is 12.1 Å². The summed E-state index contributed by atoms with van der Waals surface area (Å²) in [4.78, 5) is 20.2. The number of rotatable bonds is 4. The molecule has 0 fully saturated rings. The Morgan fingerprint density at radius 3 is 2.67 bits per heavy atom. The van der Waals surface area contributed by atoms with E-state index < -0.39 is 17.7 Å². The highest BCUT2D eigenvalue weighted by Crippen LogP contribution is 2.30. The van der Waals surface area contributed by atoms with E-state index in [1.807, 2.05) is 27.7 Å². The molecule has 0 amide bonds. The molecule has 0 spiro atoms. The maximum Gasteiger partial charge on any atom is 0.338 e. The van der Waals surface area contributed by atoms with Crippen molar-refractivity contribution >= 4 is 11.8 Å². The first-order chi connectivity index (χ1) is 9.79. The van der Waals surface area contributed by atoms with Crippen LogP contribution >= 0.6 is 0 Å². The van der Waals surface area contributed by atoms with E-state index in [2.05, 4.69) is 15.3 Å². The number of aliphatic hydroxyl groups excluding tert-OH is 1. The van der Waals surface area contributed by atoms with Gasteiger partial charge in [-0.15, -0.1) is 0 Å². The Labute approximate surface area is 123 Å². The summed E-state index contributed by atoms with van der Waals surface area (Å²) in [6.45, 7) is 7.70. The van der Waals surface area contributed by atoms with Crippen LogP contribution in [0.15, 0.2) is 17.3 Å². The zero-order valence-corrected chi connectivity index (χ0v) is 12.7. The molecule has 0 radical (unpaired) electrons. The Morgan fingerprint density at radius 1 is 1.52 bits per heavy atom. The number of aromatic carboxylic acids is 1. The lowest BCUT2D eigenvalue weighted by molar-refractivity contribution is 0.0689. The number of nitrogens with one attached hydrogen (secondary N) is 1. The summed E-state index contributed by atoms with van der Waals surface area (Å²) in [5.74, 6) is -0.621. The van der Waals surface area contributed by atoms with E-state index >= 15 is 0 Å². The number of aryl methyl sites for hydroxylation is 1. The molecule has 3 N–H and O–H groups in total. The zero-order chi connectivity index (χ0) is 15.8. The third-order valence-electron chi connectivity index (χ3n) is 4.16. The smallest absolute Gasteiger partial charge is 0.338 e. The Kier molecular flexibility index (Phi) is 4.00. The number of carboxylic acid groups (broad SMARTS) is 1. The molecule has 2 atom stereocenters. The highest BCUT2D eigenvalue weighted by atomic mass is 16.4. The largest absolute Gasteiger partial charge is 0.478 e. The normalized spacial score (nSPS) is 24.9. The van der Waals surface area contributed by atoms with Gasteiger partial charge in [-0.1, -0.05) is 20.8 Å². The molecule has 114 valence electrons. The molecular formula is C15H21N3O3. The molecule has 0 bridgehead atoms. The second kappa shape index (κ2) is 5.44. The predicted octanol–water partition coefficient (Wildman–Crippen LogP) is 1.43. The van der Waals surface area contributed by atoms with Crippen molar-refractivity contribution in [2.75, 3.05) is 0 Å². The van der Waals surface area contributed by atoms with Gasteiger partial charge in [0.25, 0.3) is 0 Å². The lowest BCUT2D eigenvalue weighted by Crippen LogP contribution is -2.45. The Balaban J connectivity index is 2.51. The van der Waals surface area contributed by atoms with Crippen molar-refractivity contribution in [2.45, 2.75) is 45.9 Å². The summed E-state index contributed by atoms with van der Waals surface area (Å²) in [6.07, 6.45) is 1.49. The third-order valence-corrected chi connectivity index (χ3v) is 4.16. The summed E-state index contributed by atoms with van der Waals surface area (Å²) in [5.41, 5.74) is 0.516. The van der Waals surface area contributed by atoms with E-state index in [1.54, 1.807) is 12.3 Å².